The van der Waals surface area contributed by atoms with Crippen LogP contribution < -0.4 is 5.73 Å². The largest absolute Gasteiger partial charge is 0.480 e. The van der Waals surface area contributed by atoms with Gasteiger partial charge in [-0.25, -0.2) is 0 Å². The Balaban J connectivity index is 1.62. The zero-order valence-electron chi connectivity index (χ0n) is 9.74. The lowest BCUT2D eigenvalue weighted by molar-refractivity contribution is -0.251. The summed E-state index contributed by atoms with van der Waals surface area (Å²) in [5.74, 6) is 0.0704. The lowest BCUT2D eigenvalue weighted by Crippen LogP contribution is -2.72. The SMILES string of the molecule is NC(C(=O)O)C12CC(C3CCCCC3)(C1)C2. The molecule has 0 aromatic carbocycles. The summed E-state index contributed by atoms with van der Waals surface area (Å²) in [6.45, 7) is 0. The number of nitrogens with two attached hydrogens (primary N) is 1. The van der Waals surface area contributed by atoms with Gasteiger partial charge in [-0.3, -0.25) is 4.79 Å². The van der Waals surface area contributed by atoms with Crippen LogP contribution in [0.3, 0.4) is 0 Å². The first kappa shape index (κ1) is 10.6. The summed E-state index contributed by atoms with van der Waals surface area (Å²) in [6, 6.07) is -0.613. The summed E-state index contributed by atoms with van der Waals surface area (Å²) in [6.07, 6.45) is 10.2. The molecule has 16 heavy (non-hydrogen) atoms. The Hall–Kier alpha value is -0.570. The highest BCUT2D eigenvalue weighted by molar-refractivity contribution is 5.75. The Morgan fingerprint density at radius 1 is 1.19 bits per heavy atom. The Morgan fingerprint density at radius 2 is 1.75 bits per heavy atom. The van der Waals surface area contributed by atoms with E-state index in [2.05, 4.69) is 0 Å². The van der Waals surface area contributed by atoms with Crippen molar-refractivity contribution in [2.24, 2.45) is 22.5 Å². The molecule has 0 aromatic rings. The number of carbonyl (C=O) groups is 1. The predicted octanol–water partition coefficient (Wildman–Crippen LogP) is 2.15. The van der Waals surface area contributed by atoms with Gasteiger partial charge in [-0.05, 0) is 48.9 Å². The van der Waals surface area contributed by atoms with Crippen molar-refractivity contribution in [3.63, 3.8) is 0 Å². The van der Waals surface area contributed by atoms with Gasteiger partial charge in [-0.15, -0.1) is 0 Å². The zero-order chi connectivity index (χ0) is 11.4. The quantitative estimate of drug-likeness (QED) is 0.770. The van der Waals surface area contributed by atoms with Crippen LogP contribution in [0.2, 0.25) is 0 Å². The number of rotatable bonds is 3. The van der Waals surface area contributed by atoms with Crippen LogP contribution in [0.25, 0.3) is 0 Å². The molecule has 4 saturated carbocycles. The Bertz CT molecular complexity index is 300. The first-order valence-corrected chi connectivity index (χ1v) is 6.56. The van der Waals surface area contributed by atoms with E-state index in [1.165, 1.54) is 32.1 Å². The second-order valence-electron chi connectivity index (χ2n) is 6.41. The van der Waals surface area contributed by atoms with Crippen LogP contribution in [-0.4, -0.2) is 17.1 Å². The molecule has 0 aliphatic heterocycles. The number of carboxylic acids is 1. The van der Waals surface area contributed by atoms with Crippen molar-refractivity contribution in [3.05, 3.63) is 0 Å². The fourth-order valence-corrected chi connectivity index (χ4v) is 4.69. The summed E-state index contributed by atoms with van der Waals surface area (Å²) in [4.78, 5) is 10.9. The van der Waals surface area contributed by atoms with E-state index in [0.717, 1.165) is 25.2 Å². The monoisotopic (exact) mass is 223 g/mol. The minimum absolute atomic E-state index is 0.0106. The number of hydrogen-bond acceptors (Lipinski definition) is 2. The fraction of sp³-hybridized carbons (Fsp3) is 0.923. The van der Waals surface area contributed by atoms with Gasteiger partial charge in [0.05, 0.1) is 0 Å². The first-order valence-electron chi connectivity index (χ1n) is 6.56. The molecule has 1 atom stereocenters. The summed E-state index contributed by atoms with van der Waals surface area (Å²) in [5, 5.41) is 8.98. The molecule has 4 aliphatic carbocycles. The Labute approximate surface area is 96.4 Å². The molecule has 90 valence electrons. The molecule has 3 nitrogen and oxygen atoms in total. The third-order valence-electron chi connectivity index (χ3n) is 5.51. The molecular weight excluding hydrogens is 202 g/mol. The van der Waals surface area contributed by atoms with Crippen LogP contribution in [0.15, 0.2) is 0 Å². The lowest BCUT2D eigenvalue weighted by Gasteiger charge is -2.75. The van der Waals surface area contributed by atoms with E-state index in [-0.39, 0.29) is 5.41 Å². The maximum absolute atomic E-state index is 10.9. The van der Waals surface area contributed by atoms with E-state index < -0.39 is 12.0 Å². The number of aliphatic carboxylic acids is 1. The second-order valence-corrected chi connectivity index (χ2v) is 6.41. The highest BCUT2D eigenvalue weighted by atomic mass is 16.4. The van der Waals surface area contributed by atoms with E-state index in [4.69, 9.17) is 10.8 Å². The van der Waals surface area contributed by atoms with Crippen LogP contribution >= 0.6 is 0 Å². The van der Waals surface area contributed by atoms with Gasteiger partial charge in [0, 0.05) is 0 Å². The molecule has 0 heterocycles. The Morgan fingerprint density at radius 3 is 2.25 bits per heavy atom. The molecule has 4 rings (SSSR count). The van der Waals surface area contributed by atoms with E-state index >= 15 is 0 Å². The molecule has 0 spiro atoms. The first-order chi connectivity index (χ1) is 7.58. The highest BCUT2D eigenvalue weighted by Crippen LogP contribution is 2.78. The highest BCUT2D eigenvalue weighted by Gasteiger charge is 2.72. The van der Waals surface area contributed by atoms with E-state index in [0.29, 0.717) is 5.41 Å². The van der Waals surface area contributed by atoms with Crippen LogP contribution in [0.4, 0.5) is 0 Å². The van der Waals surface area contributed by atoms with E-state index in [1.807, 2.05) is 0 Å². The topological polar surface area (TPSA) is 63.3 Å². The fourth-order valence-electron chi connectivity index (χ4n) is 4.69. The van der Waals surface area contributed by atoms with Gasteiger partial charge in [0.1, 0.15) is 6.04 Å². The minimum atomic E-state index is -0.808. The summed E-state index contributed by atoms with van der Waals surface area (Å²) in [7, 11) is 0. The maximum Gasteiger partial charge on any atom is 0.321 e. The van der Waals surface area contributed by atoms with Gasteiger partial charge >= 0.3 is 5.97 Å². The Kier molecular flexibility index (Phi) is 2.13. The molecule has 1 unspecified atom stereocenters. The average Bonchev–Trinajstić information content (AvgIpc) is 2.15. The molecule has 3 N–H and O–H groups in total. The molecule has 0 saturated heterocycles. The molecule has 4 aliphatic rings. The predicted molar refractivity (Wildman–Crippen MR) is 60.9 cm³/mol. The molecule has 0 aromatic heterocycles. The van der Waals surface area contributed by atoms with Crippen molar-refractivity contribution in [2.75, 3.05) is 0 Å². The molecular formula is C13H21NO2. The third kappa shape index (κ3) is 1.21. The molecule has 4 fully saturated rings. The maximum atomic E-state index is 10.9. The standard InChI is InChI=1S/C13H21NO2/c14-10(11(15)16)13-6-12(7-13,8-13)9-4-2-1-3-5-9/h9-10H,1-8,14H2,(H,15,16). The third-order valence-corrected chi connectivity index (χ3v) is 5.51. The van der Waals surface area contributed by atoms with Crippen LogP contribution in [0.5, 0.6) is 0 Å². The van der Waals surface area contributed by atoms with Gasteiger partial charge in [-0.1, -0.05) is 19.3 Å². The normalized spacial score (nSPS) is 44.3. The molecule has 0 radical (unpaired) electrons. The number of carboxylic acid groups (broad SMARTS) is 1. The number of hydrogen-bond donors (Lipinski definition) is 2. The van der Waals surface area contributed by atoms with Gasteiger partial charge in [0.25, 0.3) is 0 Å². The van der Waals surface area contributed by atoms with Gasteiger partial charge in [0.15, 0.2) is 0 Å². The summed E-state index contributed by atoms with van der Waals surface area (Å²) < 4.78 is 0. The van der Waals surface area contributed by atoms with Crippen molar-refractivity contribution in [1.29, 1.82) is 0 Å². The lowest BCUT2D eigenvalue weighted by atomic mass is 9.29. The van der Waals surface area contributed by atoms with Crippen molar-refractivity contribution in [1.82, 2.24) is 0 Å². The average molecular weight is 223 g/mol. The van der Waals surface area contributed by atoms with Crippen LogP contribution in [0, 0.1) is 16.7 Å². The van der Waals surface area contributed by atoms with Crippen molar-refractivity contribution >= 4 is 5.97 Å². The van der Waals surface area contributed by atoms with Gasteiger partial charge in [0.2, 0.25) is 0 Å². The van der Waals surface area contributed by atoms with Gasteiger partial charge in [-0.2, -0.15) is 0 Å². The van der Waals surface area contributed by atoms with Crippen LogP contribution in [-0.2, 0) is 4.79 Å². The smallest absolute Gasteiger partial charge is 0.321 e. The molecule has 3 heteroatoms. The molecule has 0 amide bonds. The zero-order valence-corrected chi connectivity index (χ0v) is 9.74. The van der Waals surface area contributed by atoms with E-state index in [9.17, 15) is 4.79 Å². The van der Waals surface area contributed by atoms with Crippen molar-refractivity contribution in [2.45, 2.75) is 57.4 Å². The van der Waals surface area contributed by atoms with Crippen molar-refractivity contribution < 1.29 is 9.90 Å². The minimum Gasteiger partial charge on any atom is -0.480 e. The summed E-state index contributed by atoms with van der Waals surface area (Å²) in [5.41, 5.74) is 6.29. The molecule has 2 bridgehead atoms. The van der Waals surface area contributed by atoms with E-state index in [1.54, 1.807) is 0 Å². The second kappa shape index (κ2) is 3.22. The van der Waals surface area contributed by atoms with Gasteiger partial charge < -0.3 is 10.8 Å². The van der Waals surface area contributed by atoms with Crippen molar-refractivity contribution in [3.8, 4) is 0 Å². The summed E-state index contributed by atoms with van der Waals surface area (Å²) >= 11 is 0. The van der Waals surface area contributed by atoms with Crippen LogP contribution in [0.1, 0.15) is 51.4 Å².